The van der Waals surface area contributed by atoms with Crippen LogP contribution in [0.3, 0.4) is 0 Å². The first-order chi connectivity index (χ1) is 17.0. The van der Waals surface area contributed by atoms with Gasteiger partial charge in [0.2, 0.25) is 0 Å². The molecule has 8 heteroatoms. The van der Waals surface area contributed by atoms with Gasteiger partial charge in [0.1, 0.15) is 28.5 Å². The third kappa shape index (κ3) is 4.19. The summed E-state index contributed by atoms with van der Waals surface area (Å²) >= 11 is 0. The number of benzene rings is 1. The van der Waals surface area contributed by atoms with E-state index in [1.54, 1.807) is 17.1 Å². The zero-order valence-corrected chi connectivity index (χ0v) is 20.1. The Morgan fingerprint density at radius 1 is 1.26 bits per heavy atom. The van der Waals surface area contributed by atoms with Gasteiger partial charge in [-0.15, -0.1) is 0 Å². The molecule has 1 aliphatic heterocycles. The number of anilines is 1. The summed E-state index contributed by atoms with van der Waals surface area (Å²) in [7, 11) is 0. The summed E-state index contributed by atoms with van der Waals surface area (Å²) in [5, 5.41) is 11.1. The highest BCUT2D eigenvalue weighted by atomic mass is 16.1. The molecule has 0 saturated carbocycles. The van der Waals surface area contributed by atoms with Crippen LogP contribution in [0.4, 0.5) is 5.82 Å². The van der Waals surface area contributed by atoms with Crippen LogP contribution in [-0.4, -0.2) is 38.2 Å². The van der Waals surface area contributed by atoms with Crippen molar-refractivity contribution in [1.29, 1.82) is 5.26 Å². The van der Waals surface area contributed by atoms with Gasteiger partial charge in [0.15, 0.2) is 0 Å². The summed E-state index contributed by atoms with van der Waals surface area (Å²) in [6.45, 7) is 6.35. The fraction of sp³-hybridized carbons (Fsp3) is 0.333. The predicted molar refractivity (Wildman–Crippen MR) is 138 cm³/mol. The molecule has 8 nitrogen and oxygen atoms in total. The average molecular weight is 468 g/mol. The zero-order chi connectivity index (χ0) is 24.5. The third-order valence-corrected chi connectivity index (χ3v) is 6.63. The Labute approximate surface area is 203 Å². The van der Waals surface area contributed by atoms with E-state index in [0.29, 0.717) is 36.2 Å². The number of rotatable bonds is 5. The second-order valence-electron chi connectivity index (χ2n) is 9.41. The minimum Gasteiger partial charge on any atom is -0.355 e. The quantitative estimate of drug-likeness (QED) is 0.450. The first-order valence-electron chi connectivity index (χ1n) is 12.0. The minimum atomic E-state index is -0.165. The largest absolute Gasteiger partial charge is 0.355 e. The van der Waals surface area contributed by atoms with E-state index in [1.165, 1.54) is 0 Å². The average Bonchev–Trinajstić information content (AvgIpc) is 3.18. The normalized spacial score (nSPS) is 15.9. The summed E-state index contributed by atoms with van der Waals surface area (Å²) in [5.41, 5.74) is 10.5. The SMILES string of the molecule is CC(C)=CCn1c(N2CCC[C@@H](N)C2)c(C#N)c2ncn(Cc3ccnc4ccccc34)c(=O)c21. The fourth-order valence-electron chi connectivity index (χ4n) is 4.93. The Balaban J connectivity index is 1.70. The third-order valence-electron chi connectivity index (χ3n) is 6.63. The van der Waals surface area contributed by atoms with Gasteiger partial charge in [0.25, 0.3) is 5.56 Å². The molecule has 0 unspecified atom stereocenters. The van der Waals surface area contributed by atoms with Gasteiger partial charge in [-0.2, -0.15) is 5.26 Å². The second-order valence-corrected chi connectivity index (χ2v) is 9.41. The lowest BCUT2D eigenvalue weighted by Crippen LogP contribution is -2.44. The van der Waals surface area contributed by atoms with Gasteiger partial charge in [0.05, 0.1) is 18.4 Å². The number of nitrogens with zero attached hydrogens (tertiary/aromatic N) is 6. The lowest BCUT2D eigenvalue weighted by atomic mass is 10.1. The molecule has 1 atom stereocenters. The van der Waals surface area contributed by atoms with Crippen LogP contribution in [0.1, 0.15) is 37.8 Å². The number of aromatic nitrogens is 4. The van der Waals surface area contributed by atoms with Crippen LogP contribution in [-0.2, 0) is 13.1 Å². The highest BCUT2D eigenvalue weighted by Gasteiger charge is 2.28. The van der Waals surface area contributed by atoms with Gasteiger partial charge in [-0.25, -0.2) is 4.98 Å². The van der Waals surface area contributed by atoms with Crippen molar-refractivity contribution in [3.05, 3.63) is 76.0 Å². The van der Waals surface area contributed by atoms with Crippen molar-refractivity contribution in [1.82, 2.24) is 19.1 Å². The number of hydrogen-bond donors (Lipinski definition) is 1. The maximum Gasteiger partial charge on any atom is 0.278 e. The van der Waals surface area contributed by atoms with Crippen molar-refractivity contribution in [2.75, 3.05) is 18.0 Å². The molecule has 0 bridgehead atoms. The van der Waals surface area contributed by atoms with Gasteiger partial charge in [-0.05, 0) is 44.4 Å². The summed E-state index contributed by atoms with van der Waals surface area (Å²) in [6, 6.07) is 12.2. The van der Waals surface area contributed by atoms with Gasteiger partial charge < -0.3 is 15.2 Å². The van der Waals surface area contributed by atoms with E-state index in [0.717, 1.165) is 47.2 Å². The Hall–Kier alpha value is -3.96. The highest BCUT2D eigenvalue weighted by Crippen LogP contribution is 2.32. The van der Waals surface area contributed by atoms with Crippen molar-refractivity contribution in [2.45, 2.75) is 45.8 Å². The summed E-state index contributed by atoms with van der Waals surface area (Å²) < 4.78 is 3.57. The van der Waals surface area contributed by atoms with Gasteiger partial charge >= 0.3 is 0 Å². The van der Waals surface area contributed by atoms with Crippen molar-refractivity contribution < 1.29 is 0 Å². The molecule has 1 aromatic carbocycles. The lowest BCUT2D eigenvalue weighted by molar-refractivity contribution is 0.498. The molecule has 0 amide bonds. The number of pyridine rings is 1. The van der Waals surface area contributed by atoms with E-state index in [4.69, 9.17) is 5.73 Å². The summed E-state index contributed by atoms with van der Waals surface area (Å²) in [5.74, 6) is 0.742. The van der Waals surface area contributed by atoms with Crippen molar-refractivity contribution in [2.24, 2.45) is 5.73 Å². The first kappa shape index (κ1) is 22.8. The number of para-hydroxylation sites is 1. The number of hydrogen-bond acceptors (Lipinski definition) is 6. The van der Waals surface area contributed by atoms with Crippen molar-refractivity contribution in [3.63, 3.8) is 0 Å². The van der Waals surface area contributed by atoms with E-state index >= 15 is 0 Å². The molecule has 1 aliphatic rings. The topological polar surface area (TPSA) is 106 Å². The maximum atomic E-state index is 13.9. The molecular weight excluding hydrogens is 438 g/mol. The van der Waals surface area contributed by atoms with Crippen LogP contribution in [0.2, 0.25) is 0 Å². The molecule has 2 N–H and O–H groups in total. The Bertz CT molecular complexity index is 1530. The molecule has 35 heavy (non-hydrogen) atoms. The Morgan fingerprint density at radius 3 is 2.86 bits per heavy atom. The smallest absolute Gasteiger partial charge is 0.278 e. The van der Waals surface area contributed by atoms with E-state index in [9.17, 15) is 10.1 Å². The molecule has 5 rings (SSSR count). The first-order valence-corrected chi connectivity index (χ1v) is 12.0. The second kappa shape index (κ2) is 9.35. The molecule has 0 aliphatic carbocycles. The maximum absolute atomic E-state index is 13.9. The standard InChI is InChI=1S/C27H29N7O/c1-18(2)10-13-34-25-24(22(14-28)26(34)32-12-5-6-20(29)16-32)31-17-33(27(25)35)15-19-9-11-30-23-8-4-3-7-21(19)23/h3-4,7-11,17,20H,5-6,12-13,15-16,29H2,1-2H3/t20-/m1/s1. The van der Waals surface area contributed by atoms with Crippen LogP contribution < -0.4 is 16.2 Å². The number of fused-ring (bicyclic) bond motifs is 2. The van der Waals surface area contributed by atoms with Gasteiger partial charge in [0, 0.05) is 37.3 Å². The van der Waals surface area contributed by atoms with E-state index in [2.05, 4.69) is 27.0 Å². The molecule has 4 heterocycles. The highest BCUT2D eigenvalue weighted by molar-refractivity contribution is 5.89. The summed E-state index contributed by atoms with van der Waals surface area (Å²) in [6.07, 6.45) is 7.29. The molecule has 1 fully saturated rings. The molecule has 0 radical (unpaired) electrons. The zero-order valence-electron chi connectivity index (χ0n) is 20.1. The van der Waals surface area contributed by atoms with E-state index in [1.807, 2.05) is 48.7 Å². The van der Waals surface area contributed by atoms with E-state index in [-0.39, 0.29) is 11.6 Å². The number of nitriles is 1. The monoisotopic (exact) mass is 467 g/mol. The number of nitrogens with two attached hydrogens (primary N) is 1. The van der Waals surface area contributed by atoms with Crippen LogP contribution in [0.15, 0.2) is 59.3 Å². The number of piperidine rings is 1. The molecule has 178 valence electrons. The van der Waals surface area contributed by atoms with Crippen LogP contribution in [0.5, 0.6) is 0 Å². The minimum absolute atomic E-state index is 0.0368. The summed E-state index contributed by atoms with van der Waals surface area (Å²) in [4.78, 5) is 25.1. The predicted octanol–water partition coefficient (Wildman–Crippen LogP) is 3.56. The van der Waals surface area contributed by atoms with Gasteiger partial charge in [-0.3, -0.25) is 14.3 Å². The van der Waals surface area contributed by atoms with Crippen LogP contribution >= 0.6 is 0 Å². The fourth-order valence-corrected chi connectivity index (χ4v) is 4.93. The van der Waals surface area contributed by atoms with Crippen molar-refractivity contribution >= 4 is 27.8 Å². The molecule has 0 spiro atoms. The van der Waals surface area contributed by atoms with Crippen molar-refractivity contribution in [3.8, 4) is 6.07 Å². The molecular formula is C27H29N7O. The lowest BCUT2D eigenvalue weighted by Gasteiger charge is -2.33. The Kier molecular flexibility index (Phi) is 6.10. The Morgan fingerprint density at radius 2 is 2.09 bits per heavy atom. The molecule has 4 aromatic rings. The van der Waals surface area contributed by atoms with Gasteiger partial charge in [-0.1, -0.05) is 29.8 Å². The van der Waals surface area contributed by atoms with E-state index < -0.39 is 0 Å². The molecule has 1 saturated heterocycles. The van der Waals surface area contributed by atoms with Crippen LogP contribution in [0.25, 0.3) is 21.9 Å². The number of allylic oxidation sites excluding steroid dienone is 2. The van der Waals surface area contributed by atoms with Crippen LogP contribution in [0, 0.1) is 11.3 Å². The molecule has 3 aromatic heterocycles.